The molecule has 0 atom stereocenters. The van der Waals surface area contributed by atoms with Crippen LogP contribution in [0.3, 0.4) is 0 Å². The van der Waals surface area contributed by atoms with Gasteiger partial charge in [-0.1, -0.05) is 104 Å². The van der Waals surface area contributed by atoms with E-state index in [1.165, 1.54) is 56.5 Å². The van der Waals surface area contributed by atoms with Crippen LogP contribution in [0.2, 0.25) is 6.04 Å². The van der Waals surface area contributed by atoms with Gasteiger partial charge in [0.2, 0.25) is 0 Å². The predicted octanol–water partition coefficient (Wildman–Crippen LogP) is 6.48. The average Bonchev–Trinajstić information content (AvgIpc) is 3.38. The Bertz CT molecular complexity index is 953. The Hall–Kier alpha value is -1.62. The number of hydrogen-bond acceptors (Lipinski definition) is 2. The highest BCUT2D eigenvalue weighted by Crippen LogP contribution is 2.45. The van der Waals surface area contributed by atoms with Crippen molar-refractivity contribution in [3.63, 3.8) is 0 Å². The van der Waals surface area contributed by atoms with Crippen molar-refractivity contribution in [2.24, 2.45) is 5.92 Å². The molecular formula is C30H41BO2Si. The highest BCUT2D eigenvalue weighted by Gasteiger charge is 2.55. The summed E-state index contributed by atoms with van der Waals surface area (Å²) in [5.74, 6) is 0.758. The number of allylic oxidation sites excluding steroid dienone is 2. The van der Waals surface area contributed by atoms with E-state index in [-0.39, 0.29) is 18.3 Å². The van der Waals surface area contributed by atoms with Crippen molar-refractivity contribution in [1.82, 2.24) is 0 Å². The van der Waals surface area contributed by atoms with Gasteiger partial charge in [0.25, 0.3) is 0 Å². The summed E-state index contributed by atoms with van der Waals surface area (Å²) in [6, 6.07) is 24.1. The summed E-state index contributed by atoms with van der Waals surface area (Å²) in [5.41, 5.74) is 0.888. The summed E-state index contributed by atoms with van der Waals surface area (Å²) in [6.45, 7) is 8.79. The minimum absolute atomic E-state index is 0.223. The molecule has 4 heteroatoms. The molecule has 3 aliphatic rings. The first-order valence-corrected chi connectivity index (χ1v) is 15.7. The van der Waals surface area contributed by atoms with E-state index < -0.39 is 8.07 Å². The minimum atomic E-state index is -2.10. The second kappa shape index (κ2) is 9.44. The molecular weight excluding hydrogens is 431 g/mol. The largest absolute Gasteiger partial charge is 0.490 e. The van der Waals surface area contributed by atoms with Crippen LogP contribution in [0, 0.1) is 5.92 Å². The zero-order valence-corrected chi connectivity index (χ0v) is 22.6. The molecule has 2 nitrogen and oxygen atoms in total. The quantitative estimate of drug-likeness (QED) is 0.464. The molecule has 0 N–H and O–H groups in total. The summed E-state index contributed by atoms with van der Waals surface area (Å²) >= 11 is 0. The maximum absolute atomic E-state index is 6.79. The maximum Gasteiger partial charge on any atom is 0.490 e. The normalized spacial score (nSPS) is 25.5. The molecule has 180 valence electrons. The van der Waals surface area contributed by atoms with Gasteiger partial charge in [0, 0.05) is 0 Å². The molecule has 0 spiro atoms. The van der Waals surface area contributed by atoms with Crippen LogP contribution in [-0.4, -0.2) is 26.4 Å². The molecule has 2 aromatic rings. The van der Waals surface area contributed by atoms with Gasteiger partial charge in [0.15, 0.2) is 0 Å². The van der Waals surface area contributed by atoms with E-state index >= 15 is 0 Å². The molecule has 2 saturated heterocycles. The number of rotatable bonds is 5. The van der Waals surface area contributed by atoms with E-state index in [0.717, 1.165) is 12.3 Å². The van der Waals surface area contributed by atoms with E-state index in [2.05, 4.69) is 88.4 Å². The van der Waals surface area contributed by atoms with Crippen LogP contribution < -0.4 is 10.4 Å². The fourth-order valence-electron chi connectivity index (χ4n) is 6.63. The molecule has 34 heavy (non-hydrogen) atoms. The van der Waals surface area contributed by atoms with Crippen molar-refractivity contribution in [2.75, 3.05) is 0 Å². The summed E-state index contributed by atoms with van der Waals surface area (Å²) in [6.07, 6.45) is 10.4. The van der Waals surface area contributed by atoms with Crippen LogP contribution in [0.5, 0.6) is 0 Å². The van der Waals surface area contributed by atoms with Gasteiger partial charge in [-0.3, -0.25) is 0 Å². The first kappa shape index (κ1) is 24.1. The lowest BCUT2D eigenvalue weighted by molar-refractivity contribution is 0.00578. The molecule has 2 aromatic carbocycles. The topological polar surface area (TPSA) is 18.5 Å². The molecule has 5 rings (SSSR count). The summed E-state index contributed by atoms with van der Waals surface area (Å²) < 4.78 is 13.6. The second-order valence-corrected chi connectivity index (χ2v) is 15.9. The lowest BCUT2D eigenvalue weighted by Crippen LogP contribution is -2.58. The van der Waals surface area contributed by atoms with E-state index in [1.54, 1.807) is 15.6 Å². The minimum Gasteiger partial charge on any atom is -0.400 e. The van der Waals surface area contributed by atoms with Crippen molar-refractivity contribution < 1.29 is 9.31 Å². The average molecular weight is 473 g/mol. The van der Waals surface area contributed by atoms with Crippen LogP contribution >= 0.6 is 0 Å². The molecule has 0 bridgehead atoms. The Kier molecular flexibility index (Phi) is 6.69. The molecule has 0 radical (unpaired) electrons. The predicted molar refractivity (Wildman–Crippen MR) is 146 cm³/mol. The lowest BCUT2D eigenvalue weighted by atomic mass is 9.70. The first-order chi connectivity index (χ1) is 16.3. The van der Waals surface area contributed by atoms with E-state index in [9.17, 15) is 0 Å². The number of benzene rings is 2. The standard InChI is InChI=1S/C30H41BO2Si/c1-29(2)30(3,4)33-31(32-29)27(23-24-15-8-5-9-16-24)28-21-14-22-34(28,25-17-10-6-11-18-25)26-19-12-7-13-20-26/h6-7,10-13,17-20,24H,5,8-9,14-16,21-23H2,1-4H3/b28-27+. The van der Waals surface area contributed by atoms with Crippen LogP contribution in [0.4, 0.5) is 0 Å². The summed E-state index contributed by atoms with van der Waals surface area (Å²) in [7, 11) is -2.33. The molecule has 0 unspecified atom stereocenters. The van der Waals surface area contributed by atoms with Crippen molar-refractivity contribution >= 4 is 25.6 Å². The lowest BCUT2D eigenvalue weighted by Gasteiger charge is -2.34. The fraction of sp³-hybridized carbons (Fsp3) is 0.533. The fourth-order valence-corrected chi connectivity index (χ4v) is 12.1. The van der Waals surface area contributed by atoms with Gasteiger partial charge in [-0.15, -0.1) is 0 Å². The smallest absolute Gasteiger partial charge is 0.400 e. The zero-order valence-electron chi connectivity index (χ0n) is 21.6. The number of hydrogen-bond donors (Lipinski definition) is 0. The van der Waals surface area contributed by atoms with Gasteiger partial charge in [-0.25, -0.2) is 0 Å². The highest BCUT2D eigenvalue weighted by molar-refractivity contribution is 7.08. The third-order valence-corrected chi connectivity index (χ3v) is 14.5. The van der Waals surface area contributed by atoms with Gasteiger partial charge in [0.05, 0.1) is 11.2 Å². The molecule has 2 aliphatic heterocycles. The molecule has 2 heterocycles. The first-order valence-electron chi connectivity index (χ1n) is 13.5. The summed E-state index contributed by atoms with van der Waals surface area (Å²) in [5, 5.41) is 4.80. The third-order valence-electron chi connectivity index (χ3n) is 9.19. The third kappa shape index (κ3) is 4.27. The molecule has 1 aliphatic carbocycles. The van der Waals surface area contributed by atoms with Crippen molar-refractivity contribution in [3.8, 4) is 0 Å². The monoisotopic (exact) mass is 472 g/mol. The van der Waals surface area contributed by atoms with Crippen LogP contribution in [0.15, 0.2) is 71.3 Å². The van der Waals surface area contributed by atoms with Gasteiger partial charge in [0.1, 0.15) is 8.07 Å². The van der Waals surface area contributed by atoms with Gasteiger partial charge < -0.3 is 9.31 Å². The molecule has 0 aromatic heterocycles. The van der Waals surface area contributed by atoms with E-state index in [1.807, 2.05) is 0 Å². The maximum atomic E-state index is 6.79. The Morgan fingerprint density at radius 1 is 0.794 bits per heavy atom. The van der Waals surface area contributed by atoms with Gasteiger partial charge >= 0.3 is 7.12 Å². The van der Waals surface area contributed by atoms with Gasteiger partial charge in [-0.2, -0.15) is 0 Å². The van der Waals surface area contributed by atoms with E-state index in [4.69, 9.17) is 9.31 Å². The SMILES string of the molecule is CC1(C)OB(/C(CC2CCCCC2)=C2\CCC[Si]2(c2ccccc2)c2ccccc2)OC1(C)C. The zero-order chi connectivity index (χ0) is 23.8. The molecule has 1 saturated carbocycles. The molecule has 3 fully saturated rings. The van der Waals surface area contributed by atoms with Crippen LogP contribution in [-0.2, 0) is 9.31 Å². The van der Waals surface area contributed by atoms with E-state index in [0.29, 0.717) is 0 Å². The molecule has 0 amide bonds. The highest BCUT2D eigenvalue weighted by atomic mass is 28.3. The Balaban J connectivity index is 1.68. The Labute approximate surface area is 208 Å². The van der Waals surface area contributed by atoms with Crippen molar-refractivity contribution in [3.05, 3.63) is 71.3 Å². The van der Waals surface area contributed by atoms with Crippen LogP contribution in [0.1, 0.15) is 79.1 Å². The Morgan fingerprint density at radius 3 is 1.85 bits per heavy atom. The van der Waals surface area contributed by atoms with Gasteiger partial charge in [-0.05, 0) is 68.3 Å². The summed E-state index contributed by atoms with van der Waals surface area (Å²) in [4.78, 5) is 0. The second-order valence-electron chi connectivity index (χ2n) is 11.8. The van der Waals surface area contributed by atoms with Crippen LogP contribution in [0.25, 0.3) is 0 Å². The van der Waals surface area contributed by atoms with Crippen molar-refractivity contribution in [1.29, 1.82) is 0 Å². The van der Waals surface area contributed by atoms with Crippen molar-refractivity contribution in [2.45, 2.75) is 96.3 Å². The Morgan fingerprint density at radius 2 is 1.32 bits per heavy atom.